The van der Waals surface area contributed by atoms with Crippen LogP contribution >= 0.6 is 0 Å². The van der Waals surface area contributed by atoms with Crippen LogP contribution < -0.4 is 25.4 Å². The summed E-state index contributed by atoms with van der Waals surface area (Å²) in [5.74, 6) is -2.62. The van der Waals surface area contributed by atoms with E-state index in [1.807, 2.05) is 4.90 Å². The van der Waals surface area contributed by atoms with E-state index in [0.717, 1.165) is 0 Å². The third-order valence-corrected chi connectivity index (χ3v) is 8.24. The molecule has 2 aliphatic heterocycles. The normalized spacial score (nSPS) is 18.2. The highest BCUT2D eigenvalue weighted by Gasteiger charge is 2.45. The van der Waals surface area contributed by atoms with Crippen molar-refractivity contribution in [1.82, 2.24) is 15.3 Å². The molecule has 0 bridgehead atoms. The highest BCUT2D eigenvalue weighted by molar-refractivity contribution is 5.94. The van der Waals surface area contributed by atoms with E-state index >= 15 is 0 Å². The number of nitrogens with zero attached hydrogens (tertiary/aromatic N) is 3. The maximum Gasteiger partial charge on any atom is 0.429 e. The number of alkyl halides is 3. The first kappa shape index (κ1) is 32.5. The summed E-state index contributed by atoms with van der Waals surface area (Å²) in [4.78, 5) is 45.0. The molecule has 0 saturated carbocycles. The number of carbonyl (C=O) groups excluding carboxylic acids is 2. The standard InChI is InChI=1S/C31H32F3N5O7/c1-17(40)45-23-13-20(7-8-21(23)28(43)44-2)18-3-5-19(6-4-18)26(31(32,33)34)46-25-14-24(37-29(35)38-25)39-11-9-30(10-12-39)15-22(27(41)42)36-16-30/h3-8,13-14,22,26,36H,9-12,15-16H2,1-2H3,(H,41,42)(H2,35,37,38)/t22-,26+/m0/s1. The van der Waals surface area contributed by atoms with Gasteiger partial charge in [-0.1, -0.05) is 30.3 Å². The molecule has 46 heavy (non-hydrogen) atoms. The van der Waals surface area contributed by atoms with Crippen molar-refractivity contribution in [3.63, 3.8) is 0 Å². The molecule has 0 aliphatic carbocycles. The number of nitrogens with one attached hydrogen (secondary N) is 1. The van der Waals surface area contributed by atoms with Crippen LogP contribution in [0.4, 0.5) is 24.9 Å². The molecular weight excluding hydrogens is 611 g/mol. The Kier molecular flexibility index (Phi) is 9.06. The number of hydrogen-bond acceptors (Lipinski definition) is 11. The fraction of sp³-hybridized carbons (Fsp3) is 0.387. The van der Waals surface area contributed by atoms with Gasteiger partial charge in [-0.15, -0.1) is 0 Å². The van der Waals surface area contributed by atoms with Gasteiger partial charge in [-0.2, -0.15) is 23.1 Å². The lowest BCUT2D eigenvalue weighted by molar-refractivity contribution is -0.198. The van der Waals surface area contributed by atoms with Gasteiger partial charge in [0.1, 0.15) is 23.2 Å². The van der Waals surface area contributed by atoms with E-state index < -0.39 is 36.2 Å². The van der Waals surface area contributed by atoms with E-state index in [9.17, 15) is 32.7 Å². The number of carbonyl (C=O) groups is 3. The molecule has 1 aromatic heterocycles. The predicted molar refractivity (Wildman–Crippen MR) is 158 cm³/mol. The summed E-state index contributed by atoms with van der Waals surface area (Å²) in [6, 6.07) is 10.5. The summed E-state index contributed by atoms with van der Waals surface area (Å²) in [7, 11) is 1.18. The summed E-state index contributed by atoms with van der Waals surface area (Å²) >= 11 is 0. The van der Waals surface area contributed by atoms with Gasteiger partial charge in [-0.3, -0.25) is 9.59 Å². The number of aromatic nitrogens is 2. The number of esters is 2. The van der Waals surface area contributed by atoms with Crippen molar-refractivity contribution in [2.24, 2.45) is 5.41 Å². The number of rotatable bonds is 8. The number of halogens is 3. The minimum Gasteiger partial charge on any atom is -0.480 e. The van der Waals surface area contributed by atoms with Gasteiger partial charge in [0.25, 0.3) is 0 Å². The van der Waals surface area contributed by atoms with Gasteiger partial charge >= 0.3 is 24.1 Å². The van der Waals surface area contributed by atoms with Crippen LogP contribution in [0.5, 0.6) is 11.6 Å². The Balaban J connectivity index is 1.34. The Morgan fingerprint density at radius 3 is 2.33 bits per heavy atom. The smallest absolute Gasteiger partial charge is 0.429 e. The molecule has 2 fully saturated rings. The number of piperidine rings is 1. The Labute approximate surface area is 261 Å². The zero-order valence-electron chi connectivity index (χ0n) is 25.0. The number of nitrogen functional groups attached to an aromatic ring is 1. The summed E-state index contributed by atoms with van der Waals surface area (Å²) in [6.45, 7) is 2.76. The van der Waals surface area contributed by atoms with Crippen LogP contribution in [-0.2, 0) is 14.3 Å². The Morgan fingerprint density at radius 2 is 1.74 bits per heavy atom. The molecule has 2 aromatic carbocycles. The third-order valence-electron chi connectivity index (χ3n) is 8.24. The second-order valence-corrected chi connectivity index (χ2v) is 11.3. The highest BCUT2D eigenvalue weighted by atomic mass is 19.4. The van der Waals surface area contributed by atoms with Gasteiger partial charge < -0.3 is 35.3 Å². The van der Waals surface area contributed by atoms with Crippen molar-refractivity contribution < 1.29 is 46.9 Å². The number of methoxy groups -OCH3 is 1. The van der Waals surface area contributed by atoms with Gasteiger partial charge in [-0.25, -0.2) is 4.79 Å². The molecule has 3 heterocycles. The Hall–Kier alpha value is -4.92. The second kappa shape index (κ2) is 12.8. The first-order valence-electron chi connectivity index (χ1n) is 14.4. The summed E-state index contributed by atoms with van der Waals surface area (Å²) in [6.07, 6.45) is -5.34. The molecule has 4 N–H and O–H groups in total. The topological polar surface area (TPSA) is 166 Å². The molecule has 2 atom stereocenters. The molecule has 0 amide bonds. The fourth-order valence-corrected chi connectivity index (χ4v) is 5.85. The van der Waals surface area contributed by atoms with E-state index in [2.05, 4.69) is 15.3 Å². The van der Waals surface area contributed by atoms with Crippen LogP contribution in [-0.4, -0.2) is 71.9 Å². The molecule has 1 spiro atoms. The number of anilines is 2. The summed E-state index contributed by atoms with van der Waals surface area (Å²) in [5.41, 5.74) is 6.47. The number of benzene rings is 2. The average molecular weight is 644 g/mol. The Morgan fingerprint density at radius 1 is 1.07 bits per heavy atom. The molecule has 5 rings (SSSR count). The number of carboxylic acids is 1. The highest BCUT2D eigenvalue weighted by Crippen LogP contribution is 2.42. The van der Waals surface area contributed by atoms with Crippen LogP contribution in [0.1, 0.15) is 48.2 Å². The third kappa shape index (κ3) is 7.14. The van der Waals surface area contributed by atoms with Gasteiger partial charge in [0.05, 0.1) is 7.11 Å². The number of nitrogens with two attached hydrogens (primary N) is 1. The lowest BCUT2D eigenvalue weighted by atomic mass is 9.76. The SMILES string of the molecule is COC(=O)c1ccc(-c2ccc([C@@H](Oc3cc(N4CCC5(CC4)CN[C@H](C(=O)O)C5)nc(N)n3)C(F)(F)F)cc2)cc1OC(C)=O. The van der Waals surface area contributed by atoms with Crippen molar-refractivity contribution in [1.29, 1.82) is 0 Å². The molecule has 2 aliphatic rings. The first-order chi connectivity index (χ1) is 21.8. The maximum atomic E-state index is 14.3. The molecule has 15 heteroatoms. The lowest BCUT2D eigenvalue weighted by Crippen LogP contribution is -2.41. The lowest BCUT2D eigenvalue weighted by Gasteiger charge is -2.39. The molecular formula is C31H32F3N5O7. The van der Waals surface area contributed by atoms with Gasteiger partial charge in [0, 0.05) is 38.2 Å². The van der Waals surface area contributed by atoms with Crippen molar-refractivity contribution >= 4 is 29.7 Å². The van der Waals surface area contributed by atoms with Gasteiger partial charge in [0.15, 0.2) is 0 Å². The van der Waals surface area contributed by atoms with Crippen molar-refractivity contribution in [2.75, 3.05) is 37.4 Å². The van der Waals surface area contributed by atoms with Crippen LogP contribution in [0.2, 0.25) is 0 Å². The predicted octanol–water partition coefficient (Wildman–Crippen LogP) is 4.15. The van der Waals surface area contributed by atoms with Crippen LogP contribution in [0.15, 0.2) is 48.5 Å². The summed E-state index contributed by atoms with van der Waals surface area (Å²) < 4.78 is 58.2. The summed E-state index contributed by atoms with van der Waals surface area (Å²) in [5, 5.41) is 12.4. The molecule has 3 aromatic rings. The van der Waals surface area contributed by atoms with Crippen molar-refractivity contribution in [2.45, 2.75) is 44.5 Å². The molecule has 12 nitrogen and oxygen atoms in total. The van der Waals surface area contributed by atoms with Crippen LogP contribution in [0.3, 0.4) is 0 Å². The zero-order chi connectivity index (χ0) is 33.2. The Bertz CT molecular complexity index is 1630. The van der Waals surface area contributed by atoms with E-state index in [4.69, 9.17) is 19.9 Å². The van der Waals surface area contributed by atoms with Crippen LogP contribution in [0, 0.1) is 5.41 Å². The van der Waals surface area contributed by atoms with E-state index in [0.29, 0.717) is 55.8 Å². The van der Waals surface area contributed by atoms with Gasteiger partial charge in [-0.05, 0) is 47.9 Å². The molecule has 0 radical (unpaired) electrons. The molecule has 244 valence electrons. The van der Waals surface area contributed by atoms with E-state index in [-0.39, 0.29) is 34.1 Å². The number of hydrogen-bond donors (Lipinski definition) is 3. The maximum absolute atomic E-state index is 14.3. The number of aliphatic carboxylic acids is 1. The average Bonchev–Trinajstić information content (AvgIpc) is 3.42. The largest absolute Gasteiger partial charge is 0.480 e. The van der Waals surface area contributed by atoms with Crippen molar-refractivity contribution in [3.8, 4) is 22.8 Å². The molecule has 0 unspecified atom stereocenters. The van der Waals surface area contributed by atoms with Crippen molar-refractivity contribution in [3.05, 3.63) is 59.7 Å². The van der Waals surface area contributed by atoms with E-state index in [1.165, 1.54) is 56.5 Å². The zero-order valence-corrected chi connectivity index (χ0v) is 25.0. The minimum absolute atomic E-state index is 0.0125. The monoisotopic (exact) mass is 643 g/mol. The molecule has 2 saturated heterocycles. The van der Waals surface area contributed by atoms with Gasteiger partial charge in [0.2, 0.25) is 17.9 Å². The van der Waals surface area contributed by atoms with E-state index in [1.54, 1.807) is 6.07 Å². The number of carboxylic acid groups (broad SMARTS) is 1. The number of ether oxygens (including phenoxy) is 3. The first-order valence-corrected chi connectivity index (χ1v) is 14.4. The van der Waals surface area contributed by atoms with Crippen LogP contribution in [0.25, 0.3) is 11.1 Å². The quantitative estimate of drug-likeness (QED) is 0.237. The second-order valence-electron chi connectivity index (χ2n) is 11.3. The minimum atomic E-state index is -4.82. The fourth-order valence-electron chi connectivity index (χ4n) is 5.85.